The normalized spacial score (nSPS) is 13.3. The van der Waals surface area contributed by atoms with Crippen molar-refractivity contribution in [2.45, 2.75) is 31.7 Å². The van der Waals surface area contributed by atoms with Crippen LogP contribution in [0.3, 0.4) is 0 Å². The number of ether oxygens (including phenoxy) is 1. The van der Waals surface area contributed by atoms with Gasteiger partial charge in [-0.2, -0.15) is 4.72 Å². The summed E-state index contributed by atoms with van der Waals surface area (Å²) in [5.74, 6) is -0.881. The van der Waals surface area contributed by atoms with Gasteiger partial charge in [-0.15, -0.1) is 0 Å². The van der Waals surface area contributed by atoms with Crippen LogP contribution in [0.4, 0.5) is 0 Å². The van der Waals surface area contributed by atoms with E-state index in [0.29, 0.717) is 0 Å². The van der Waals surface area contributed by atoms with Crippen molar-refractivity contribution in [2.75, 3.05) is 7.11 Å². The lowest BCUT2D eigenvalue weighted by Gasteiger charge is -2.20. The summed E-state index contributed by atoms with van der Waals surface area (Å²) < 4.78 is 31.5. The number of methoxy groups -OCH3 is 1. The Morgan fingerprint density at radius 2 is 1.95 bits per heavy atom. The highest BCUT2D eigenvalue weighted by molar-refractivity contribution is 7.89. The van der Waals surface area contributed by atoms with E-state index >= 15 is 0 Å². The highest BCUT2D eigenvalue weighted by atomic mass is 35.5. The largest absolute Gasteiger partial charge is 0.468 e. The number of benzene rings is 1. The Balaban J connectivity index is 3.13. The van der Waals surface area contributed by atoms with E-state index in [2.05, 4.69) is 9.46 Å². The maximum absolute atomic E-state index is 12.3. The second-order valence-corrected chi connectivity index (χ2v) is 6.89. The molecule has 0 saturated heterocycles. The van der Waals surface area contributed by atoms with E-state index in [4.69, 9.17) is 11.6 Å². The molecule has 0 heterocycles. The minimum atomic E-state index is -3.89. The predicted molar refractivity (Wildman–Crippen MR) is 77.2 cm³/mol. The van der Waals surface area contributed by atoms with Crippen LogP contribution >= 0.6 is 11.6 Å². The summed E-state index contributed by atoms with van der Waals surface area (Å²) in [5.41, 5.74) is 0.849. The number of hydrogen-bond donors (Lipinski definition) is 1. The van der Waals surface area contributed by atoms with Gasteiger partial charge in [-0.3, -0.25) is 4.79 Å². The zero-order valence-electron chi connectivity index (χ0n) is 11.8. The van der Waals surface area contributed by atoms with E-state index in [1.807, 2.05) is 0 Å². The summed E-state index contributed by atoms with van der Waals surface area (Å²) in [4.78, 5) is 11.6. The molecular weight excluding hydrogens is 302 g/mol. The fourth-order valence-corrected chi connectivity index (χ4v) is 3.57. The first-order chi connectivity index (χ1) is 9.19. The average Bonchev–Trinajstić information content (AvgIpc) is 2.34. The highest BCUT2D eigenvalue weighted by Crippen LogP contribution is 2.23. The van der Waals surface area contributed by atoms with Crippen LogP contribution < -0.4 is 4.72 Å². The lowest BCUT2D eigenvalue weighted by molar-refractivity contribution is -0.143. The fraction of sp³-hybridized carbons (Fsp3) is 0.462. The molecule has 0 aliphatic rings. The van der Waals surface area contributed by atoms with E-state index in [9.17, 15) is 13.2 Å². The number of halogens is 1. The molecule has 0 aliphatic heterocycles. The molecule has 0 saturated carbocycles. The molecule has 0 amide bonds. The van der Waals surface area contributed by atoms with Crippen LogP contribution in [0.1, 0.15) is 19.4 Å². The molecule has 20 heavy (non-hydrogen) atoms. The Bertz CT molecular complexity index is 598. The molecule has 0 radical (unpaired) electrons. The van der Waals surface area contributed by atoms with Gasteiger partial charge in [0.2, 0.25) is 10.0 Å². The lowest BCUT2D eigenvalue weighted by Crippen LogP contribution is -2.44. The summed E-state index contributed by atoms with van der Waals surface area (Å²) in [6.45, 7) is 5.25. The SMILES string of the molecule is COC(=O)C(NS(=O)(=O)c1ccc(C)cc1Cl)C(C)C. The van der Waals surface area contributed by atoms with E-state index in [1.165, 1.54) is 13.2 Å². The van der Waals surface area contributed by atoms with Crippen LogP contribution in [0.15, 0.2) is 23.1 Å². The van der Waals surface area contributed by atoms with Gasteiger partial charge in [-0.1, -0.05) is 31.5 Å². The molecule has 1 rings (SSSR count). The van der Waals surface area contributed by atoms with Gasteiger partial charge in [-0.05, 0) is 30.5 Å². The predicted octanol–water partition coefficient (Wildman–Crippen LogP) is 2.12. The molecule has 1 atom stereocenters. The Morgan fingerprint density at radius 1 is 1.35 bits per heavy atom. The van der Waals surface area contributed by atoms with Gasteiger partial charge >= 0.3 is 5.97 Å². The van der Waals surface area contributed by atoms with Gasteiger partial charge < -0.3 is 4.74 Å². The van der Waals surface area contributed by atoms with Crippen molar-refractivity contribution in [3.8, 4) is 0 Å². The average molecular weight is 320 g/mol. The monoisotopic (exact) mass is 319 g/mol. The first kappa shape index (κ1) is 16.9. The van der Waals surface area contributed by atoms with E-state index in [1.54, 1.807) is 32.9 Å². The smallest absolute Gasteiger partial charge is 0.324 e. The van der Waals surface area contributed by atoms with Crippen molar-refractivity contribution in [3.05, 3.63) is 28.8 Å². The summed E-state index contributed by atoms with van der Waals surface area (Å²) in [5, 5.41) is 0.116. The minimum Gasteiger partial charge on any atom is -0.468 e. The van der Waals surface area contributed by atoms with Crippen molar-refractivity contribution in [3.63, 3.8) is 0 Å². The summed E-state index contributed by atoms with van der Waals surface area (Å²) in [6, 6.07) is 3.65. The van der Waals surface area contributed by atoms with Crippen LogP contribution in [0.25, 0.3) is 0 Å². The van der Waals surface area contributed by atoms with E-state index < -0.39 is 22.0 Å². The van der Waals surface area contributed by atoms with E-state index in [0.717, 1.165) is 5.56 Å². The highest BCUT2D eigenvalue weighted by Gasteiger charge is 2.30. The number of rotatable bonds is 5. The Kier molecular flexibility index (Phi) is 5.56. The number of carbonyl (C=O) groups is 1. The Hall–Kier alpha value is -1.11. The second-order valence-electron chi connectivity index (χ2n) is 4.80. The third kappa shape index (κ3) is 3.94. The van der Waals surface area contributed by atoms with Crippen LogP contribution in [-0.4, -0.2) is 27.5 Å². The van der Waals surface area contributed by atoms with Gasteiger partial charge in [0.05, 0.1) is 12.1 Å². The van der Waals surface area contributed by atoms with Gasteiger partial charge in [0.15, 0.2) is 0 Å². The fourth-order valence-electron chi connectivity index (χ4n) is 1.64. The van der Waals surface area contributed by atoms with Crippen molar-refractivity contribution in [1.29, 1.82) is 0 Å². The van der Waals surface area contributed by atoms with Crippen molar-refractivity contribution >= 4 is 27.6 Å². The van der Waals surface area contributed by atoms with Gasteiger partial charge in [0, 0.05) is 0 Å². The molecule has 1 unspecified atom stereocenters. The molecule has 0 spiro atoms. The molecule has 1 N–H and O–H groups in total. The molecule has 112 valence electrons. The van der Waals surface area contributed by atoms with Crippen molar-refractivity contribution in [1.82, 2.24) is 4.72 Å². The van der Waals surface area contributed by atoms with E-state index in [-0.39, 0.29) is 15.8 Å². The molecular formula is C13H18ClNO4S. The molecule has 0 aromatic heterocycles. The van der Waals surface area contributed by atoms with Crippen molar-refractivity contribution in [2.24, 2.45) is 5.92 Å². The molecule has 5 nitrogen and oxygen atoms in total. The summed E-state index contributed by atoms with van der Waals surface area (Å²) >= 11 is 5.96. The standard InChI is InChI=1S/C13H18ClNO4S/c1-8(2)12(13(16)19-4)15-20(17,18)11-6-5-9(3)7-10(11)14/h5-8,12,15H,1-4H3. The third-order valence-electron chi connectivity index (χ3n) is 2.78. The number of nitrogens with one attached hydrogen (secondary N) is 1. The maximum atomic E-state index is 12.3. The summed E-state index contributed by atoms with van der Waals surface area (Å²) in [6.07, 6.45) is 0. The van der Waals surface area contributed by atoms with Crippen LogP contribution in [0, 0.1) is 12.8 Å². The number of esters is 1. The lowest BCUT2D eigenvalue weighted by atomic mass is 10.1. The molecule has 1 aromatic carbocycles. The van der Waals surface area contributed by atoms with Gasteiger partial charge in [-0.25, -0.2) is 8.42 Å². The number of sulfonamides is 1. The first-order valence-electron chi connectivity index (χ1n) is 6.05. The van der Waals surface area contributed by atoms with Crippen LogP contribution in [-0.2, 0) is 19.6 Å². The number of hydrogen-bond acceptors (Lipinski definition) is 4. The van der Waals surface area contributed by atoms with Gasteiger partial charge in [0.25, 0.3) is 0 Å². The molecule has 1 aromatic rings. The quantitative estimate of drug-likeness (QED) is 0.844. The topological polar surface area (TPSA) is 72.5 Å². The molecule has 0 bridgehead atoms. The van der Waals surface area contributed by atoms with Crippen LogP contribution in [0.5, 0.6) is 0 Å². The van der Waals surface area contributed by atoms with Crippen molar-refractivity contribution < 1.29 is 17.9 Å². The van der Waals surface area contributed by atoms with Crippen LogP contribution in [0.2, 0.25) is 5.02 Å². The molecule has 7 heteroatoms. The molecule has 0 aliphatic carbocycles. The Morgan fingerprint density at radius 3 is 2.40 bits per heavy atom. The zero-order valence-corrected chi connectivity index (χ0v) is 13.4. The maximum Gasteiger partial charge on any atom is 0.324 e. The molecule has 0 fully saturated rings. The third-order valence-corrected chi connectivity index (χ3v) is 4.70. The number of aryl methyl sites for hydroxylation is 1. The Labute approximate surface area is 124 Å². The second kappa shape index (κ2) is 6.56. The zero-order chi connectivity index (χ0) is 15.5. The summed E-state index contributed by atoms with van der Waals surface area (Å²) in [7, 11) is -2.68. The van der Waals surface area contributed by atoms with Gasteiger partial charge in [0.1, 0.15) is 10.9 Å². The first-order valence-corrected chi connectivity index (χ1v) is 7.91. The minimum absolute atomic E-state index is 0.0562. The number of carbonyl (C=O) groups excluding carboxylic acids is 1.